The van der Waals surface area contributed by atoms with E-state index in [-0.39, 0.29) is 23.0 Å². The normalized spacial score (nSPS) is 14.8. The number of nitrogens with one attached hydrogen (secondary N) is 1. The predicted octanol–water partition coefficient (Wildman–Crippen LogP) is 2.67. The van der Waals surface area contributed by atoms with Gasteiger partial charge in [-0.05, 0) is 38.1 Å². The Hall–Kier alpha value is -3.61. The van der Waals surface area contributed by atoms with Crippen LogP contribution in [0.1, 0.15) is 27.4 Å². The van der Waals surface area contributed by atoms with Crippen molar-refractivity contribution < 1.29 is 14.3 Å². The molecule has 1 N–H and O–H groups in total. The first-order chi connectivity index (χ1) is 15.0. The molecule has 1 amide bonds. The maximum atomic E-state index is 12.8. The zero-order valence-electron chi connectivity index (χ0n) is 17.6. The van der Waals surface area contributed by atoms with Crippen LogP contribution in [0.4, 0.5) is 0 Å². The molecule has 0 aliphatic carbocycles. The fourth-order valence-electron chi connectivity index (χ4n) is 3.77. The predicted molar refractivity (Wildman–Crippen MR) is 117 cm³/mol. The van der Waals surface area contributed by atoms with E-state index < -0.39 is 0 Å². The first-order valence-electron chi connectivity index (χ1n) is 10.3. The summed E-state index contributed by atoms with van der Waals surface area (Å²) in [6.07, 6.45) is 2.09. The minimum Gasteiger partial charge on any atom is -0.486 e. The van der Waals surface area contributed by atoms with Gasteiger partial charge in [-0.15, -0.1) is 0 Å². The summed E-state index contributed by atoms with van der Waals surface area (Å²) >= 11 is 0. The van der Waals surface area contributed by atoms with Crippen LogP contribution < -0.4 is 20.2 Å². The van der Waals surface area contributed by atoms with Crippen molar-refractivity contribution in [3.63, 3.8) is 0 Å². The van der Waals surface area contributed by atoms with Crippen molar-refractivity contribution >= 4 is 5.91 Å². The number of amides is 1. The molecular formula is C24H25N3O4. The number of rotatable bonds is 6. The van der Waals surface area contributed by atoms with E-state index in [2.05, 4.69) is 10.3 Å². The van der Waals surface area contributed by atoms with E-state index in [1.54, 1.807) is 13.1 Å². The molecule has 0 bridgehead atoms. The van der Waals surface area contributed by atoms with E-state index in [9.17, 15) is 9.59 Å². The Morgan fingerprint density at radius 1 is 1.16 bits per heavy atom. The highest BCUT2D eigenvalue weighted by Crippen LogP contribution is 2.31. The van der Waals surface area contributed by atoms with Crippen LogP contribution in [0, 0.1) is 13.8 Å². The second-order valence-electron chi connectivity index (χ2n) is 7.55. The smallest absolute Gasteiger partial charge is 0.257 e. The van der Waals surface area contributed by atoms with Gasteiger partial charge >= 0.3 is 0 Å². The van der Waals surface area contributed by atoms with Gasteiger partial charge in [0.15, 0.2) is 23.0 Å². The quantitative estimate of drug-likeness (QED) is 0.664. The van der Waals surface area contributed by atoms with Gasteiger partial charge in [-0.1, -0.05) is 18.2 Å². The number of pyridine rings is 2. The van der Waals surface area contributed by atoms with Gasteiger partial charge in [0.1, 0.15) is 12.2 Å². The van der Waals surface area contributed by atoms with E-state index in [1.807, 2.05) is 54.0 Å². The number of nitrogens with zero attached hydrogens (tertiary/aromatic N) is 2. The van der Waals surface area contributed by atoms with Gasteiger partial charge in [-0.25, -0.2) is 0 Å². The summed E-state index contributed by atoms with van der Waals surface area (Å²) in [5.41, 5.74) is 2.14. The number of benzene rings is 1. The van der Waals surface area contributed by atoms with Crippen molar-refractivity contribution in [3.05, 3.63) is 87.6 Å². The van der Waals surface area contributed by atoms with Crippen LogP contribution in [0.3, 0.4) is 0 Å². The molecule has 1 aromatic carbocycles. The average Bonchev–Trinajstić information content (AvgIpc) is 2.77. The Bertz CT molecular complexity index is 1140. The van der Waals surface area contributed by atoms with E-state index in [0.717, 1.165) is 17.1 Å². The summed E-state index contributed by atoms with van der Waals surface area (Å²) in [5, 5.41) is 2.84. The van der Waals surface area contributed by atoms with Gasteiger partial charge in [-0.3, -0.25) is 14.6 Å². The van der Waals surface area contributed by atoms with Crippen LogP contribution in [0.2, 0.25) is 0 Å². The number of ether oxygens (including phenoxy) is 2. The van der Waals surface area contributed by atoms with Gasteiger partial charge in [0.05, 0.1) is 6.54 Å². The molecule has 3 aromatic rings. The summed E-state index contributed by atoms with van der Waals surface area (Å²) in [7, 11) is 0. The number of aryl methyl sites for hydroxylation is 1. The van der Waals surface area contributed by atoms with Gasteiger partial charge in [0.2, 0.25) is 0 Å². The second-order valence-corrected chi connectivity index (χ2v) is 7.55. The molecular weight excluding hydrogens is 394 g/mol. The zero-order valence-corrected chi connectivity index (χ0v) is 17.6. The third-order valence-electron chi connectivity index (χ3n) is 5.35. The molecule has 1 unspecified atom stereocenters. The maximum absolute atomic E-state index is 12.8. The summed E-state index contributed by atoms with van der Waals surface area (Å²) in [6.45, 7) is 4.92. The monoisotopic (exact) mass is 419 g/mol. The van der Waals surface area contributed by atoms with Crippen molar-refractivity contribution in [2.75, 3.05) is 13.2 Å². The van der Waals surface area contributed by atoms with Crippen molar-refractivity contribution in [1.29, 1.82) is 0 Å². The third-order valence-corrected chi connectivity index (χ3v) is 5.35. The lowest BCUT2D eigenvalue weighted by atomic mass is 10.1. The molecule has 0 saturated carbocycles. The van der Waals surface area contributed by atoms with Crippen LogP contribution in [-0.4, -0.2) is 34.7 Å². The Balaban J connectivity index is 1.49. The summed E-state index contributed by atoms with van der Waals surface area (Å²) in [6, 6.07) is 14.7. The van der Waals surface area contributed by atoms with Crippen LogP contribution in [0.25, 0.3) is 0 Å². The highest BCUT2D eigenvalue weighted by Gasteiger charge is 2.24. The summed E-state index contributed by atoms with van der Waals surface area (Å²) < 4.78 is 13.8. The molecule has 31 heavy (non-hydrogen) atoms. The highest BCUT2D eigenvalue weighted by molar-refractivity contribution is 5.95. The molecule has 1 aliphatic rings. The Morgan fingerprint density at radius 2 is 1.94 bits per heavy atom. The van der Waals surface area contributed by atoms with Crippen molar-refractivity contribution in [3.8, 4) is 11.5 Å². The molecule has 160 valence electrons. The molecule has 7 heteroatoms. The number of fused-ring (bicyclic) bond motifs is 1. The minimum absolute atomic E-state index is 0.156. The number of para-hydroxylation sites is 2. The molecule has 7 nitrogen and oxygen atoms in total. The second kappa shape index (κ2) is 9.04. The van der Waals surface area contributed by atoms with E-state index in [0.29, 0.717) is 37.6 Å². The standard InChI is InChI=1S/C24H25N3O4/c1-16-13-20(28)23(24(29)26-12-10-18-7-5-6-11-25-18)17(2)27(16)14-19-15-30-21-8-3-4-9-22(21)31-19/h3-9,11,13,19H,10,12,14-15H2,1-2H3,(H,26,29). The number of hydrogen-bond acceptors (Lipinski definition) is 5. The van der Waals surface area contributed by atoms with Crippen molar-refractivity contribution in [2.45, 2.75) is 32.9 Å². The number of carbonyl (C=O) groups excluding carboxylic acids is 1. The van der Waals surface area contributed by atoms with Gasteiger partial charge in [-0.2, -0.15) is 0 Å². The highest BCUT2D eigenvalue weighted by atomic mass is 16.6. The third kappa shape index (κ3) is 4.60. The Kier molecular flexibility index (Phi) is 6.02. The fourth-order valence-corrected chi connectivity index (χ4v) is 3.77. The lowest BCUT2D eigenvalue weighted by molar-refractivity contribution is 0.0773. The molecule has 4 rings (SSSR count). The van der Waals surface area contributed by atoms with E-state index >= 15 is 0 Å². The van der Waals surface area contributed by atoms with Gasteiger partial charge < -0.3 is 19.4 Å². The molecule has 0 spiro atoms. The number of aromatic nitrogens is 2. The van der Waals surface area contributed by atoms with Gasteiger partial charge in [0, 0.05) is 42.3 Å². The SMILES string of the molecule is Cc1cc(=O)c(C(=O)NCCc2ccccn2)c(C)n1CC1COc2ccccc2O1. The minimum atomic E-state index is -0.377. The molecule has 0 radical (unpaired) electrons. The molecule has 2 aromatic heterocycles. The molecule has 0 saturated heterocycles. The number of carbonyl (C=O) groups is 1. The lowest BCUT2D eigenvalue weighted by Gasteiger charge is -2.28. The lowest BCUT2D eigenvalue weighted by Crippen LogP contribution is -2.37. The van der Waals surface area contributed by atoms with Crippen LogP contribution in [0.15, 0.2) is 59.5 Å². The van der Waals surface area contributed by atoms with Gasteiger partial charge in [0.25, 0.3) is 5.91 Å². The Labute approximate surface area is 180 Å². The molecule has 3 heterocycles. The molecule has 1 atom stereocenters. The maximum Gasteiger partial charge on any atom is 0.257 e. The van der Waals surface area contributed by atoms with E-state index in [1.165, 1.54) is 6.07 Å². The topological polar surface area (TPSA) is 82.5 Å². The Morgan fingerprint density at radius 3 is 2.71 bits per heavy atom. The molecule has 0 fully saturated rings. The first kappa shape index (κ1) is 20.7. The van der Waals surface area contributed by atoms with E-state index in [4.69, 9.17) is 9.47 Å². The first-order valence-corrected chi connectivity index (χ1v) is 10.3. The summed E-state index contributed by atoms with van der Waals surface area (Å²) in [5.74, 6) is 1.04. The zero-order chi connectivity index (χ0) is 21.8. The summed E-state index contributed by atoms with van der Waals surface area (Å²) in [4.78, 5) is 29.6. The molecule has 1 aliphatic heterocycles. The van der Waals surface area contributed by atoms with Crippen molar-refractivity contribution in [1.82, 2.24) is 14.9 Å². The van der Waals surface area contributed by atoms with Crippen LogP contribution in [-0.2, 0) is 13.0 Å². The number of hydrogen-bond donors (Lipinski definition) is 1. The fraction of sp³-hybridized carbons (Fsp3) is 0.292. The van der Waals surface area contributed by atoms with Crippen LogP contribution in [0.5, 0.6) is 11.5 Å². The van der Waals surface area contributed by atoms with Crippen LogP contribution >= 0.6 is 0 Å². The average molecular weight is 419 g/mol. The largest absolute Gasteiger partial charge is 0.486 e. The van der Waals surface area contributed by atoms with Crippen molar-refractivity contribution in [2.24, 2.45) is 0 Å².